The summed E-state index contributed by atoms with van der Waals surface area (Å²) in [5.74, 6) is -0.427. The van der Waals surface area contributed by atoms with Gasteiger partial charge < -0.3 is 5.32 Å². The van der Waals surface area contributed by atoms with Crippen molar-refractivity contribution < 1.29 is 9.72 Å². The Hall–Kier alpha value is -5.13. The molecule has 0 fully saturated rings. The van der Waals surface area contributed by atoms with Crippen LogP contribution in [0.3, 0.4) is 0 Å². The molecule has 0 unspecified atom stereocenters. The maximum atomic E-state index is 13.1. The van der Waals surface area contributed by atoms with E-state index in [-0.39, 0.29) is 29.0 Å². The maximum Gasteiger partial charge on any atom is 0.294 e. The van der Waals surface area contributed by atoms with E-state index < -0.39 is 16.4 Å². The van der Waals surface area contributed by atoms with Crippen LogP contribution in [0.2, 0.25) is 0 Å². The molecule has 0 saturated heterocycles. The summed E-state index contributed by atoms with van der Waals surface area (Å²) in [6.07, 6.45) is 2.52. The molecule has 0 saturated carbocycles. The number of benzene rings is 2. The summed E-state index contributed by atoms with van der Waals surface area (Å²) in [6, 6.07) is 13.9. The lowest BCUT2D eigenvalue weighted by molar-refractivity contribution is -0.384. The van der Waals surface area contributed by atoms with Crippen LogP contribution in [0, 0.1) is 30.9 Å². The Bertz CT molecular complexity index is 1730. The lowest BCUT2D eigenvalue weighted by atomic mass is 10.2. The molecule has 12 heteroatoms. The molecule has 3 heterocycles. The number of amides is 1. The molecule has 0 atom stereocenters. The monoisotopic (exact) mass is 498 g/mol. The van der Waals surface area contributed by atoms with E-state index in [2.05, 4.69) is 20.5 Å². The number of hydrogen-bond donors (Lipinski definition) is 1. The highest BCUT2D eigenvalue weighted by atomic mass is 16.6. The first-order chi connectivity index (χ1) is 17.7. The van der Waals surface area contributed by atoms with Gasteiger partial charge >= 0.3 is 0 Å². The molecular formula is C25H22N8O4. The van der Waals surface area contributed by atoms with E-state index in [0.717, 1.165) is 21.5 Å². The Labute approximate surface area is 209 Å². The number of carbonyl (C=O) groups excluding carboxylic acids is 1. The van der Waals surface area contributed by atoms with Gasteiger partial charge in [0, 0.05) is 6.07 Å². The van der Waals surface area contributed by atoms with Crippen LogP contribution >= 0.6 is 0 Å². The average molecular weight is 499 g/mol. The van der Waals surface area contributed by atoms with Crippen LogP contribution in [0.25, 0.3) is 22.4 Å². The minimum atomic E-state index is -0.528. The van der Waals surface area contributed by atoms with Gasteiger partial charge in [-0.05, 0) is 39.0 Å². The molecule has 0 aliphatic rings. The molecule has 0 radical (unpaired) electrons. The highest BCUT2D eigenvalue weighted by Gasteiger charge is 2.20. The predicted octanol–water partition coefficient (Wildman–Crippen LogP) is 3.24. The van der Waals surface area contributed by atoms with Gasteiger partial charge in [-0.3, -0.25) is 24.3 Å². The number of carbonyl (C=O) groups is 1. The molecule has 12 nitrogen and oxygen atoms in total. The third-order valence-corrected chi connectivity index (χ3v) is 6.01. The average Bonchev–Trinajstić information content (AvgIpc) is 3.43. The second kappa shape index (κ2) is 9.15. The Balaban J connectivity index is 1.41. The van der Waals surface area contributed by atoms with Crippen LogP contribution in [-0.2, 0) is 11.3 Å². The topological polar surface area (TPSA) is 143 Å². The molecule has 3 aromatic heterocycles. The summed E-state index contributed by atoms with van der Waals surface area (Å²) >= 11 is 0. The van der Waals surface area contributed by atoms with Gasteiger partial charge in [-0.1, -0.05) is 29.8 Å². The van der Waals surface area contributed by atoms with Crippen molar-refractivity contribution in [1.29, 1.82) is 0 Å². The number of nitrogens with zero attached hydrogens (tertiary/aromatic N) is 7. The first-order valence-corrected chi connectivity index (χ1v) is 11.3. The number of rotatable bonds is 6. The van der Waals surface area contributed by atoms with E-state index in [1.807, 2.05) is 38.1 Å². The molecule has 0 bridgehead atoms. The van der Waals surface area contributed by atoms with Gasteiger partial charge in [0.2, 0.25) is 5.91 Å². The van der Waals surface area contributed by atoms with Gasteiger partial charge in [0.1, 0.15) is 23.9 Å². The Morgan fingerprint density at radius 1 is 1.05 bits per heavy atom. The number of nitro groups is 1. The number of aromatic nitrogens is 6. The van der Waals surface area contributed by atoms with Crippen LogP contribution in [-0.4, -0.2) is 39.9 Å². The Kier molecular flexibility index (Phi) is 5.84. The largest absolute Gasteiger partial charge is 0.321 e. The van der Waals surface area contributed by atoms with Crippen molar-refractivity contribution in [3.63, 3.8) is 0 Å². The summed E-state index contributed by atoms with van der Waals surface area (Å²) in [6.45, 7) is 5.37. The maximum absolute atomic E-state index is 13.1. The summed E-state index contributed by atoms with van der Waals surface area (Å²) in [4.78, 5) is 41.1. The molecule has 1 N–H and O–H groups in total. The molecule has 0 aliphatic heterocycles. The molecule has 0 spiro atoms. The summed E-state index contributed by atoms with van der Waals surface area (Å²) < 4.78 is 4.16. The first kappa shape index (κ1) is 23.6. The zero-order valence-electron chi connectivity index (χ0n) is 20.2. The highest BCUT2D eigenvalue weighted by Crippen LogP contribution is 2.25. The van der Waals surface area contributed by atoms with Gasteiger partial charge in [-0.15, -0.1) is 0 Å². The quantitative estimate of drug-likeness (QED) is 0.280. The fourth-order valence-electron chi connectivity index (χ4n) is 4.13. The van der Waals surface area contributed by atoms with Crippen LogP contribution in [0.5, 0.6) is 0 Å². The van der Waals surface area contributed by atoms with Crippen molar-refractivity contribution >= 4 is 28.3 Å². The third kappa shape index (κ3) is 4.24. The highest BCUT2D eigenvalue weighted by molar-refractivity contribution is 5.92. The van der Waals surface area contributed by atoms with E-state index in [9.17, 15) is 19.7 Å². The number of nitrogens with one attached hydrogen (secondary N) is 1. The second-order valence-corrected chi connectivity index (χ2v) is 8.56. The molecule has 1 amide bonds. The van der Waals surface area contributed by atoms with Gasteiger partial charge in [-0.25, -0.2) is 14.3 Å². The number of para-hydroxylation sites is 2. The molecule has 2 aromatic carbocycles. The second-order valence-electron chi connectivity index (χ2n) is 8.56. The number of hydrogen-bond acceptors (Lipinski definition) is 7. The SMILES string of the molecule is Cc1ccc(-n2nc(C)c(NC(=O)Cn3cnc4c(cnn4-c4ccccc4[N+](=O)[O-])c3=O)c2C)cc1. The number of aryl methyl sites for hydroxylation is 2. The lowest BCUT2D eigenvalue weighted by Crippen LogP contribution is -2.28. The summed E-state index contributed by atoms with van der Waals surface area (Å²) in [5, 5.41) is 23.1. The van der Waals surface area contributed by atoms with E-state index in [1.165, 1.54) is 29.3 Å². The van der Waals surface area contributed by atoms with Gasteiger partial charge in [0.15, 0.2) is 5.65 Å². The fraction of sp³-hybridized carbons (Fsp3) is 0.160. The zero-order chi connectivity index (χ0) is 26.3. The van der Waals surface area contributed by atoms with Crippen molar-refractivity contribution in [3.05, 3.63) is 98.5 Å². The normalized spacial score (nSPS) is 11.1. The third-order valence-electron chi connectivity index (χ3n) is 6.01. The van der Waals surface area contributed by atoms with E-state index >= 15 is 0 Å². The summed E-state index contributed by atoms with van der Waals surface area (Å²) in [5.41, 5.74) is 3.62. The molecule has 186 valence electrons. The van der Waals surface area contributed by atoms with Gasteiger partial charge in [-0.2, -0.15) is 10.2 Å². The molecule has 37 heavy (non-hydrogen) atoms. The van der Waals surface area contributed by atoms with Crippen LogP contribution in [0.4, 0.5) is 11.4 Å². The van der Waals surface area contributed by atoms with Crippen molar-refractivity contribution in [2.45, 2.75) is 27.3 Å². The fourth-order valence-corrected chi connectivity index (χ4v) is 4.13. The predicted molar refractivity (Wildman–Crippen MR) is 136 cm³/mol. The molecule has 5 aromatic rings. The van der Waals surface area contributed by atoms with Crippen LogP contribution in [0.15, 0.2) is 65.8 Å². The smallest absolute Gasteiger partial charge is 0.294 e. The zero-order valence-corrected chi connectivity index (χ0v) is 20.2. The molecule has 5 rings (SSSR count). The molecule has 0 aliphatic carbocycles. The molecular weight excluding hydrogens is 476 g/mol. The standard InChI is InChI=1S/C25H22N8O4/c1-15-8-10-18(11-9-15)31-17(3)23(16(2)29-31)28-22(34)13-30-14-26-24-19(25(30)35)12-27-32(24)20-6-4-5-7-21(20)33(36)37/h4-12,14H,13H2,1-3H3,(H,28,34). The van der Waals surface area contributed by atoms with Gasteiger partial charge in [0.25, 0.3) is 11.2 Å². The number of anilines is 1. The van der Waals surface area contributed by atoms with Gasteiger partial charge in [0.05, 0.1) is 33.9 Å². The van der Waals surface area contributed by atoms with Crippen LogP contribution < -0.4 is 10.9 Å². The Morgan fingerprint density at radius 2 is 1.78 bits per heavy atom. The van der Waals surface area contributed by atoms with E-state index in [0.29, 0.717) is 11.4 Å². The Morgan fingerprint density at radius 3 is 2.51 bits per heavy atom. The van der Waals surface area contributed by atoms with Crippen molar-refractivity contribution in [1.82, 2.24) is 29.1 Å². The minimum absolute atomic E-state index is 0.132. The number of fused-ring (bicyclic) bond motifs is 1. The van der Waals surface area contributed by atoms with E-state index in [1.54, 1.807) is 23.7 Å². The van der Waals surface area contributed by atoms with Crippen molar-refractivity contribution in [2.75, 3.05) is 5.32 Å². The summed E-state index contributed by atoms with van der Waals surface area (Å²) in [7, 11) is 0. The number of nitro benzene ring substituents is 1. The lowest BCUT2D eigenvalue weighted by Gasteiger charge is -2.09. The van der Waals surface area contributed by atoms with Crippen molar-refractivity contribution in [3.8, 4) is 11.4 Å². The van der Waals surface area contributed by atoms with Crippen molar-refractivity contribution in [2.24, 2.45) is 0 Å². The van der Waals surface area contributed by atoms with E-state index in [4.69, 9.17) is 0 Å². The minimum Gasteiger partial charge on any atom is -0.321 e. The van der Waals surface area contributed by atoms with Crippen LogP contribution in [0.1, 0.15) is 17.0 Å². The first-order valence-electron chi connectivity index (χ1n) is 11.3.